The van der Waals surface area contributed by atoms with Crippen LogP contribution in [0.25, 0.3) is 0 Å². The van der Waals surface area contributed by atoms with Crippen molar-refractivity contribution in [3.05, 3.63) is 23.8 Å². The van der Waals surface area contributed by atoms with Gasteiger partial charge in [-0.05, 0) is 18.2 Å². The second-order valence-electron chi connectivity index (χ2n) is 3.33. The Balaban J connectivity index is 2.61. The molecule has 0 aliphatic carbocycles. The van der Waals surface area contributed by atoms with Crippen molar-refractivity contribution in [1.29, 1.82) is 0 Å². The summed E-state index contributed by atoms with van der Waals surface area (Å²) < 4.78 is 10.7. The molecule has 0 bridgehead atoms. The third-order valence-electron chi connectivity index (χ3n) is 2.11. The summed E-state index contributed by atoms with van der Waals surface area (Å²) in [7, 11) is 1.55. The fraction of sp³-hybridized carbons (Fsp3) is 0.357. The number of benzene rings is 1. The molecule has 0 N–H and O–H groups in total. The van der Waals surface area contributed by atoms with Gasteiger partial charge in [0.1, 0.15) is 6.29 Å². The maximum absolute atomic E-state index is 10.6. The van der Waals surface area contributed by atoms with Gasteiger partial charge in [0.25, 0.3) is 0 Å². The summed E-state index contributed by atoms with van der Waals surface area (Å²) in [5.41, 5.74) is 0.569. The maximum Gasteiger partial charge on any atom is 0.161 e. The predicted molar refractivity (Wildman–Crippen MR) is 66.6 cm³/mol. The summed E-state index contributed by atoms with van der Waals surface area (Å²) in [5, 5.41) is 0. The molecule has 0 saturated heterocycles. The van der Waals surface area contributed by atoms with Gasteiger partial charge in [0, 0.05) is 18.4 Å². The lowest BCUT2D eigenvalue weighted by atomic mass is 10.2. The number of rotatable bonds is 5. The minimum Gasteiger partial charge on any atom is -0.493 e. The van der Waals surface area contributed by atoms with Crippen LogP contribution in [0.15, 0.2) is 18.2 Å². The molecule has 0 amide bonds. The van der Waals surface area contributed by atoms with E-state index in [0.717, 1.165) is 12.7 Å². The number of ether oxygens (including phenoxy) is 2. The highest BCUT2D eigenvalue weighted by atomic mass is 16.5. The SMILES string of the molecule is CCC#CCCOc1ccc(C=O)cc1OC. The Labute approximate surface area is 102 Å². The Morgan fingerprint density at radius 3 is 2.76 bits per heavy atom. The van der Waals surface area contributed by atoms with Crippen LogP contribution in [-0.4, -0.2) is 20.0 Å². The van der Waals surface area contributed by atoms with Gasteiger partial charge in [-0.1, -0.05) is 12.8 Å². The molecule has 0 saturated carbocycles. The van der Waals surface area contributed by atoms with E-state index in [4.69, 9.17) is 9.47 Å². The van der Waals surface area contributed by atoms with Crippen LogP contribution in [0, 0.1) is 11.8 Å². The molecule has 0 aliphatic rings. The van der Waals surface area contributed by atoms with Crippen LogP contribution in [0.4, 0.5) is 0 Å². The first-order valence-corrected chi connectivity index (χ1v) is 5.53. The van der Waals surface area contributed by atoms with E-state index >= 15 is 0 Å². The third kappa shape index (κ3) is 4.20. The fourth-order valence-electron chi connectivity index (χ4n) is 1.30. The van der Waals surface area contributed by atoms with Gasteiger partial charge >= 0.3 is 0 Å². The highest BCUT2D eigenvalue weighted by Crippen LogP contribution is 2.27. The molecule has 1 aromatic rings. The van der Waals surface area contributed by atoms with Crippen molar-refractivity contribution < 1.29 is 14.3 Å². The zero-order chi connectivity index (χ0) is 12.5. The van der Waals surface area contributed by atoms with E-state index in [1.807, 2.05) is 6.92 Å². The van der Waals surface area contributed by atoms with Crippen LogP contribution in [0.3, 0.4) is 0 Å². The molecule has 0 heterocycles. The maximum atomic E-state index is 10.6. The molecule has 0 aromatic heterocycles. The summed E-state index contributed by atoms with van der Waals surface area (Å²) in [5.74, 6) is 7.17. The monoisotopic (exact) mass is 232 g/mol. The van der Waals surface area contributed by atoms with Crippen molar-refractivity contribution in [3.63, 3.8) is 0 Å². The first-order valence-electron chi connectivity index (χ1n) is 5.53. The molecule has 3 nitrogen and oxygen atoms in total. The van der Waals surface area contributed by atoms with Gasteiger partial charge < -0.3 is 9.47 Å². The number of hydrogen-bond acceptors (Lipinski definition) is 3. The minimum absolute atomic E-state index is 0.518. The second-order valence-corrected chi connectivity index (χ2v) is 3.33. The van der Waals surface area contributed by atoms with E-state index in [0.29, 0.717) is 30.1 Å². The van der Waals surface area contributed by atoms with Gasteiger partial charge in [-0.3, -0.25) is 4.79 Å². The molecule has 0 spiro atoms. The minimum atomic E-state index is 0.518. The number of carbonyl (C=O) groups excluding carboxylic acids is 1. The molecule has 0 radical (unpaired) electrons. The highest BCUT2D eigenvalue weighted by Gasteiger charge is 2.04. The standard InChI is InChI=1S/C14H16O3/c1-3-4-5-6-9-17-13-8-7-12(11-15)10-14(13)16-2/h7-8,10-11H,3,6,9H2,1-2H3. The quantitative estimate of drug-likeness (QED) is 0.445. The zero-order valence-corrected chi connectivity index (χ0v) is 10.2. The van der Waals surface area contributed by atoms with E-state index in [2.05, 4.69) is 11.8 Å². The normalized spacial score (nSPS) is 9.06. The molecular formula is C14H16O3. The molecule has 90 valence electrons. The molecule has 1 rings (SSSR count). The van der Waals surface area contributed by atoms with Gasteiger partial charge in [0.2, 0.25) is 0 Å². The first kappa shape index (κ1) is 13.1. The van der Waals surface area contributed by atoms with E-state index in [9.17, 15) is 4.79 Å². The summed E-state index contributed by atoms with van der Waals surface area (Å²) in [6.07, 6.45) is 2.32. The zero-order valence-electron chi connectivity index (χ0n) is 10.2. The van der Waals surface area contributed by atoms with Crippen molar-refractivity contribution in [3.8, 4) is 23.3 Å². The fourth-order valence-corrected chi connectivity index (χ4v) is 1.30. The highest BCUT2D eigenvalue weighted by molar-refractivity contribution is 5.76. The van der Waals surface area contributed by atoms with Gasteiger partial charge in [0.15, 0.2) is 11.5 Å². The van der Waals surface area contributed by atoms with Crippen LogP contribution in [-0.2, 0) is 0 Å². The lowest BCUT2D eigenvalue weighted by Crippen LogP contribution is -1.99. The molecule has 0 unspecified atom stereocenters. The number of carbonyl (C=O) groups is 1. The summed E-state index contributed by atoms with van der Waals surface area (Å²) in [4.78, 5) is 10.6. The van der Waals surface area contributed by atoms with Gasteiger partial charge in [-0.2, -0.15) is 0 Å². The third-order valence-corrected chi connectivity index (χ3v) is 2.11. The van der Waals surface area contributed by atoms with Crippen molar-refractivity contribution in [2.45, 2.75) is 19.8 Å². The van der Waals surface area contributed by atoms with Crippen LogP contribution in [0.1, 0.15) is 30.1 Å². The van der Waals surface area contributed by atoms with Gasteiger partial charge in [-0.25, -0.2) is 0 Å². The Morgan fingerprint density at radius 1 is 1.29 bits per heavy atom. The molecule has 0 aliphatic heterocycles. The Kier molecular flexibility index (Phi) is 5.67. The van der Waals surface area contributed by atoms with Crippen LogP contribution in [0.5, 0.6) is 11.5 Å². The van der Waals surface area contributed by atoms with Gasteiger partial charge in [0.05, 0.1) is 13.7 Å². The molecule has 0 fully saturated rings. The number of methoxy groups -OCH3 is 1. The second kappa shape index (κ2) is 7.34. The number of aldehydes is 1. The summed E-state index contributed by atoms with van der Waals surface area (Å²) >= 11 is 0. The van der Waals surface area contributed by atoms with Crippen LogP contribution in [0.2, 0.25) is 0 Å². The average Bonchev–Trinajstić information content (AvgIpc) is 2.38. The van der Waals surface area contributed by atoms with E-state index in [-0.39, 0.29) is 0 Å². The Morgan fingerprint density at radius 2 is 2.12 bits per heavy atom. The van der Waals surface area contributed by atoms with E-state index in [1.165, 1.54) is 0 Å². The molecular weight excluding hydrogens is 216 g/mol. The van der Waals surface area contributed by atoms with E-state index < -0.39 is 0 Å². The lowest BCUT2D eigenvalue weighted by Gasteiger charge is -2.09. The van der Waals surface area contributed by atoms with Crippen molar-refractivity contribution in [2.24, 2.45) is 0 Å². The molecule has 3 heteroatoms. The van der Waals surface area contributed by atoms with E-state index in [1.54, 1.807) is 25.3 Å². The predicted octanol–water partition coefficient (Wildman–Crippen LogP) is 2.69. The van der Waals surface area contributed by atoms with Crippen LogP contribution < -0.4 is 9.47 Å². The Hall–Kier alpha value is -1.95. The Bertz CT molecular complexity index is 427. The van der Waals surface area contributed by atoms with Crippen molar-refractivity contribution in [1.82, 2.24) is 0 Å². The smallest absolute Gasteiger partial charge is 0.161 e. The lowest BCUT2D eigenvalue weighted by molar-refractivity contribution is 0.112. The van der Waals surface area contributed by atoms with Gasteiger partial charge in [-0.15, -0.1) is 5.92 Å². The summed E-state index contributed by atoms with van der Waals surface area (Å²) in [6, 6.07) is 5.08. The first-order chi connectivity index (χ1) is 8.31. The largest absolute Gasteiger partial charge is 0.493 e. The molecule has 0 atom stereocenters. The molecule has 17 heavy (non-hydrogen) atoms. The van der Waals surface area contributed by atoms with Crippen molar-refractivity contribution >= 4 is 6.29 Å². The number of hydrogen-bond donors (Lipinski definition) is 0. The van der Waals surface area contributed by atoms with Crippen molar-refractivity contribution in [2.75, 3.05) is 13.7 Å². The average molecular weight is 232 g/mol. The topological polar surface area (TPSA) is 35.5 Å². The summed E-state index contributed by atoms with van der Waals surface area (Å²) in [6.45, 7) is 2.53. The van der Waals surface area contributed by atoms with Crippen LogP contribution >= 0.6 is 0 Å². The molecule has 1 aromatic carbocycles.